The third kappa shape index (κ3) is 6.79. The molecule has 0 aliphatic carbocycles. The van der Waals surface area contributed by atoms with Gasteiger partial charge in [-0.2, -0.15) is 0 Å². The number of benzene rings is 1. The van der Waals surface area contributed by atoms with Gasteiger partial charge in [0.15, 0.2) is 11.5 Å². The fourth-order valence-electron chi connectivity index (χ4n) is 2.42. The van der Waals surface area contributed by atoms with Gasteiger partial charge in [-0.3, -0.25) is 14.4 Å². The average molecular weight is 420 g/mol. The van der Waals surface area contributed by atoms with Gasteiger partial charge in [0.25, 0.3) is 5.91 Å². The lowest BCUT2D eigenvalue weighted by atomic mass is 10.2. The molecule has 156 valence electrons. The van der Waals surface area contributed by atoms with Gasteiger partial charge in [0.2, 0.25) is 11.8 Å². The Morgan fingerprint density at radius 3 is 2.45 bits per heavy atom. The summed E-state index contributed by atoms with van der Waals surface area (Å²) in [6.45, 7) is 4.37. The Morgan fingerprint density at radius 1 is 1.07 bits per heavy atom. The number of likely N-dealkylation sites (N-methyl/N-ethyl adjacent to an activating group) is 1. The van der Waals surface area contributed by atoms with Crippen LogP contribution in [-0.4, -0.2) is 56.0 Å². The molecule has 0 radical (unpaired) electrons. The Kier molecular flexibility index (Phi) is 8.47. The van der Waals surface area contributed by atoms with Crippen molar-refractivity contribution in [1.29, 1.82) is 0 Å². The second-order valence-corrected chi connectivity index (χ2v) is 6.93. The summed E-state index contributed by atoms with van der Waals surface area (Å²) in [4.78, 5) is 38.1. The predicted molar refractivity (Wildman–Crippen MR) is 112 cm³/mol. The van der Waals surface area contributed by atoms with Gasteiger partial charge < -0.3 is 25.0 Å². The lowest BCUT2D eigenvalue weighted by Gasteiger charge is -2.17. The molecule has 0 aliphatic heterocycles. The summed E-state index contributed by atoms with van der Waals surface area (Å²) in [5.74, 6) is 0.0850. The molecule has 1 aromatic heterocycles. The highest BCUT2D eigenvalue weighted by Crippen LogP contribution is 2.30. The van der Waals surface area contributed by atoms with Crippen molar-refractivity contribution < 1.29 is 23.9 Å². The molecule has 2 rings (SSSR count). The van der Waals surface area contributed by atoms with Crippen LogP contribution in [0.5, 0.6) is 11.5 Å². The van der Waals surface area contributed by atoms with Gasteiger partial charge in [-0.15, -0.1) is 11.3 Å². The average Bonchev–Trinajstić information content (AvgIpc) is 3.23. The molecule has 29 heavy (non-hydrogen) atoms. The number of ether oxygens (including phenoxy) is 2. The summed E-state index contributed by atoms with van der Waals surface area (Å²) in [6, 6.07) is 8.54. The van der Waals surface area contributed by atoms with Crippen molar-refractivity contribution in [3.63, 3.8) is 0 Å². The smallest absolute Gasteiger partial charge is 0.261 e. The Morgan fingerprint density at radius 2 is 1.79 bits per heavy atom. The molecule has 8 nitrogen and oxygen atoms in total. The summed E-state index contributed by atoms with van der Waals surface area (Å²) in [6.07, 6.45) is 0. The number of nitrogens with one attached hydrogen (secondary N) is 2. The summed E-state index contributed by atoms with van der Waals surface area (Å²) < 4.78 is 11.0. The van der Waals surface area contributed by atoms with Crippen LogP contribution in [0.25, 0.3) is 0 Å². The lowest BCUT2D eigenvalue weighted by molar-refractivity contribution is -0.132. The lowest BCUT2D eigenvalue weighted by Crippen LogP contribution is -2.41. The van der Waals surface area contributed by atoms with Crippen molar-refractivity contribution in [2.24, 2.45) is 0 Å². The van der Waals surface area contributed by atoms with Crippen molar-refractivity contribution in [1.82, 2.24) is 10.2 Å². The molecule has 9 heteroatoms. The standard InChI is InChI=1S/C20H25N3O5S/c1-4-27-15-9-8-14(11-16(15)28-5-2)22-18(24)13-23(3)19(25)12-21-20(26)17-7-6-10-29-17/h6-11H,4-5,12-13H2,1-3H3,(H,21,26)(H,22,24). The molecule has 0 bridgehead atoms. The monoisotopic (exact) mass is 419 g/mol. The number of carbonyl (C=O) groups excluding carboxylic acids is 3. The summed E-state index contributed by atoms with van der Waals surface area (Å²) in [7, 11) is 1.50. The largest absolute Gasteiger partial charge is 0.490 e. The van der Waals surface area contributed by atoms with Gasteiger partial charge in [0.05, 0.1) is 31.2 Å². The summed E-state index contributed by atoms with van der Waals surface area (Å²) in [5, 5.41) is 7.06. The van der Waals surface area contributed by atoms with Crippen molar-refractivity contribution in [2.45, 2.75) is 13.8 Å². The first-order valence-electron chi connectivity index (χ1n) is 9.19. The van der Waals surface area contributed by atoms with Crippen LogP contribution in [0, 0.1) is 0 Å². The van der Waals surface area contributed by atoms with E-state index in [2.05, 4.69) is 10.6 Å². The minimum atomic E-state index is -0.369. The Hall–Kier alpha value is -3.07. The van der Waals surface area contributed by atoms with Crippen molar-refractivity contribution >= 4 is 34.7 Å². The topological polar surface area (TPSA) is 97.0 Å². The Balaban J connectivity index is 1.86. The fraction of sp³-hybridized carbons (Fsp3) is 0.350. The van der Waals surface area contributed by atoms with E-state index in [1.165, 1.54) is 23.3 Å². The highest BCUT2D eigenvalue weighted by Gasteiger charge is 2.16. The number of nitrogens with zero attached hydrogens (tertiary/aromatic N) is 1. The second-order valence-electron chi connectivity index (χ2n) is 5.99. The van der Waals surface area contributed by atoms with Crippen LogP contribution in [0.3, 0.4) is 0 Å². The van der Waals surface area contributed by atoms with Gasteiger partial charge in [-0.1, -0.05) is 6.07 Å². The number of rotatable bonds is 10. The van der Waals surface area contributed by atoms with Gasteiger partial charge in [0, 0.05) is 18.8 Å². The molecule has 0 spiro atoms. The van der Waals surface area contributed by atoms with Crippen molar-refractivity contribution in [3.8, 4) is 11.5 Å². The molecule has 0 unspecified atom stereocenters. The van der Waals surface area contributed by atoms with Gasteiger partial charge in [-0.05, 0) is 37.4 Å². The van der Waals surface area contributed by atoms with E-state index in [1.807, 2.05) is 13.8 Å². The number of amides is 3. The van der Waals surface area contributed by atoms with Crippen LogP contribution in [-0.2, 0) is 9.59 Å². The summed E-state index contributed by atoms with van der Waals surface area (Å²) in [5.41, 5.74) is 0.536. The third-order valence-corrected chi connectivity index (χ3v) is 4.65. The SMILES string of the molecule is CCOc1ccc(NC(=O)CN(C)C(=O)CNC(=O)c2cccs2)cc1OCC. The first kappa shape index (κ1) is 22.2. The zero-order valence-corrected chi connectivity index (χ0v) is 17.5. The molecule has 1 heterocycles. The summed E-state index contributed by atoms with van der Waals surface area (Å²) >= 11 is 1.29. The van der Waals surface area contributed by atoms with Crippen LogP contribution in [0.2, 0.25) is 0 Å². The van der Waals surface area contributed by atoms with E-state index >= 15 is 0 Å². The van der Waals surface area contributed by atoms with Crippen molar-refractivity contribution in [3.05, 3.63) is 40.6 Å². The van der Waals surface area contributed by atoms with Crippen LogP contribution in [0.4, 0.5) is 5.69 Å². The first-order valence-corrected chi connectivity index (χ1v) is 10.1. The van der Waals surface area contributed by atoms with Gasteiger partial charge in [-0.25, -0.2) is 0 Å². The van der Waals surface area contributed by atoms with E-state index in [0.29, 0.717) is 35.3 Å². The minimum absolute atomic E-state index is 0.148. The first-order chi connectivity index (χ1) is 13.9. The third-order valence-electron chi connectivity index (χ3n) is 3.78. The van der Waals surface area contributed by atoms with E-state index in [4.69, 9.17) is 9.47 Å². The fourth-order valence-corrected chi connectivity index (χ4v) is 3.06. The molecule has 3 amide bonds. The van der Waals surface area contributed by atoms with E-state index in [9.17, 15) is 14.4 Å². The number of hydrogen-bond acceptors (Lipinski definition) is 6. The highest BCUT2D eigenvalue weighted by molar-refractivity contribution is 7.12. The maximum Gasteiger partial charge on any atom is 0.261 e. The van der Waals surface area contributed by atoms with E-state index in [1.54, 1.807) is 35.7 Å². The quantitative estimate of drug-likeness (QED) is 0.616. The van der Waals surface area contributed by atoms with Gasteiger partial charge >= 0.3 is 0 Å². The minimum Gasteiger partial charge on any atom is -0.490 e. The van der Waals surface area contributed by atoms with Gasteiger partial charge in [0.1, 0.15) is 0 Å². The zero-order chi connectivity index (χ0) is 21.2. The van der Waals surface area contributed by atoms with E-state index in [-0.39, 0.29) is 30.8 Å². The molecular weight excluding hydrogens is 394 g/mol. The normalized spacial score (nSPS) is 10.2. The van der Waals surface area contributed by atoms with Crippen LogP contribution in [0.1, 0.15) is 23.5 Å². The molecule has 0 saturated heterocycles. The molecule has 2 aromatic rings. The zero-order valence-electron chi connectivity index (χ0n) is 16.7. The molecule has 0 atom stereocenters. The molecule has 1 aromatic carbocycles. The number of hydrogen-bond donors (Lipinski definition) is 2. The maximum absolute atomic E-state index is 12.3. The number of carbonyl (C=O) groups is 3. The van der Waals surface area contributed by atoms with Crippen LogP contribution >= 0.6 is 11.3 Å². The maximum atomic E-state index is 12.3. The Bertz CT molecular complexity index is 839. The molecular formula is C20H25N3O5S. The number of anilines is 1. The van der Waals surface area contributed by atoms with Crippen molar-refractivity contribution in [2.75, 3.05) is 38.7 Å². The number of thiophene rings is 1. The van der Waals surface area contributed by atoms with Crippen LogP contribution in [0.15, 0.2) is 35.7 Å². The molecule has 0 aliphatic rings. The second kappa shape index (κ2) is 11.1. The van der Waals surface area contributed by atoms with E-state index in [0.717, 1.165) is 0 Å². The highest BCUT2D eigenvalue weighted by atomic mass is 32.1. The molecule has 0 saturated carbocycles. The molecule has 2 N–H and O–H groups in total. The Labute approximate surface area is 173 Å². The molecule has 0 fully saturated rings. The predicted octanol–water partition coefficient (Wildman–Crippen LogP) is 2.37. The van der Waals surface area contributed by atoms with Crippen LogP contribution < -0.4 is 20.1 Å². The van der Waals surface area contributed by atoms with E-state index < -0.39 is 0 Å².